The molecule has 3 radical (unpaired) electrons. The van der Waals surface area contributed by atoms with Gasteiger partial charge in [-0.1, -0.05) is 6.92 Å². The highest BCUT2D eigenvalue weighted by Crippen LogP contribution is 2.47. The van der Waals surface area contributed by atoms with Crippen molar-refractivity contribution in [1.82, 2.24) is 19.2 Å². The number of hydrogen-bond acceptors (Lipinski definition) is 8. The summed E-state index contributed by atoms with van der Waals surface area (Å²) >= 11 is 1.41. The van der Waals surface area contributed by atoms with E-state index in [1.165, 1.54) is 11.3 Å². The van der Waals surface area contributed by atoms with E-state index >= 15 is 0 Å². The van der Waals surface area contributed by atoms with Gasteiger partial charge in [-0.2, -0.15) is 5.26 Å². The van der Waals surface area contributed by atoms with Crippen molar-refractivity contribution in [1.29, 1.82) is 5.26 Å². The molecular weight excluding hydrogens is 492 g/mol. The third kappa shape index (κ3) is 6.90. The Hall–Kier alpha value is -1.89. The first kappa shape index (κ1) is 30.3. The van der Waals surface area contributed by atoms with Gasteiger partial charge in [-0.3, -0.25) is 9.36 Å². The molecule has 11 heteroatoms. The minimum Gasteiger partial charge on any atom is -0.321 e. The average molecular weight is 528 g/mol. The summed E-state index contributed by atoms with van der Waals surface area (Å²) in [6.45, 7) is 15.4. The smallest absolute Gasteiger partial charge is 0.271 e. The molecule has 0 aliphatic carbocycles. The van der Waals surface area contributed by atoms with E-state index in [0.717, 1.165) is 33.4 Å². The molecule has 3 aromatic rings. The number of fused-ring (bicyclic) bond motifs is 3. The van der Waals surface area contributed by atoms with Crippen LogP contribution in [0, 0.1) is 25.2 Å². The van der Waals surface area contributed by atoms with Crippen molar-refractivity contribution in [3.05, 3.63) is 34.0 Å². The molecule has 8 nitrogen and oxygen atoms in total. The molecule has 2 atom stereocenters. The summed E-state index contributed by atoms with van der Waals surface area (Å²) in [5.74, 6) is 0. The van der Waals surface area contributed by atoms with Gasteiger partial charge in [-0.15, -0.1) is 11.3 Å². The molecule has 3 heterocycles. The van der Waals surface area contributed by atoms with Gasteiger partial charge < -0.3 is 9.05 Å². The largest absolute Gasteiger partial charge is 0.321 e. The van der Waals surface area contributed by atoms with Crippen LogP contribution < -0.4 is 5.56 Å². The summed E-state index contributed by atoms with van der Waals surface area (Å²) in [6, 6.07) is 4.64. The number of nitriles is 1. The maximum absolute atomic E-state index is 13.3. The molecule has 0 aromatic carbocycles. The fourth-order valence-corrected chi connectivity index (χ4v) is 7.21. The average Bonchev–Trinajstić information content (AvgIpc) is 3.16. The van der Waals surface area contributed by atoms with Crippen LogP contribution in [-0.2, 0) is 15.6 Å². The van der Waals surface area contributed by atoms with Gasteiger partial charge in [0.15, 0.2) is 0 Å². The third-order valence-corrected chi connectivity index (χ3v) is 9.04. The minimum absolute atomic E-state index is 0. The van der Waals surface area contributed by atoms with Gasteiger partial charge in [-0.05, 0) is 66.0 Å². The molecule has 0 N–H and O–H groups in total. The fraction of sp³-hybridized carbons (Fsp3) is 0.600. The lowest BCUT2D eigenvalue weighted by molar-refractivity contribution is 0.121. The molecule has 0 fully saturated rings. The Morgan fingerprint density at radius 1 is 1.25 bits per heavy atom. The summed E-state index contributed by atoms with van der Waals surface area (Å²) in [7, 11) is -1.32. The van der Waals surface area contributed by atoms with E-state index in [-0.39, 0.29) is 32.2 Å². The van der Waals surface area contributed by atoms with Crippen LogP contribution in [0.2, 0.25) is 0 Å². The summed E-state index contributed by atoms with van der Waals surface area (Å²) in [5, 5.41) is 9.90. The second kappa shape index (κ2) is 13.6. The Balaban J connectivity index is 0.00000456. The van der Waals surface area contributed by atoms with Crippen molar-refractivity contribution in [3.63, 3.8) is 0 Å². The van der Waals surface area contributed by atoms with Gasteiger partial charge in [0.05, 0.1) is 37.0 Å². The Labute approximate surface area is 221 Å². The number of pyridine rings is 1. The Morgan fingerprint density at radius 3 is 2.56 bits per heavy atom. The van der Waals surface area contributed by atoms with Crippen LogP contribution in [0.3, 0.4) is 0 Å². The van der Waals surface area contributed by atoms with E-state index in [0.29, 0.717) is 30.7 Å². The van der Waals surface area contributed by atoms with E-state index in [1.807, 2.05) is 19.9 Å². The zero-order valence-electron chi connectivity index (χ0n) is 22.3. The van der Waals surface area contributed by atoms with Crippen LogP contribution in [0.1, 0.15) is 65.1 Å². The molecule has 0 saturated carbocycles. The van der Waals surface area contributed by atoms with Crippen LogP contribution in [0.4, 0.5) is 0 Å². The van der Waals surface area contributed by atoms with Gasteiger partial charge in [-0.25, -0.2) is 14.6 Å². The number of aryl methyl sites for hydroxylation is 3. The van der Waals surface area contributed by atoms with Crippen molar-refractivity contribution in [2.75, 3.05) is 6.61 Å². The lowest BCUT2D eigenvalue weighted by Crippen LogP contribution is -2.35. The number of rotatable bonds is 12. The Bertz CT molecular complexity index is 1250. The molecule has 0 spiro atoms. The van der Waals surface area contributed by atoms with Crippen LogP contribution in [0.25, 0.3) is 20.4 Å². The van der Waals surface area contributed by atoms with E-state index in [9.17, 15) is 4.79 Å². The SMILES string of the molecule is CCC(CCn1cnc2c(sc3nc(C)cc(C)c32)c1=O)OP(OCCC#N)N(C(C)C)C(C)C.[B]. The molecule has 0 bridgehead atoms. The zero-order chi connectivity index (χ0) is 25.7. The maximum atomic E-state index is 13.3. The van der Waals surface area contributed by atoms with Gasteiger partial charge in [0, 0.05) is 38.1 Å². The molecule has 3 aromatic heterocycles. The summed E-state index contributed by atoms with van der Waals surface area (Å²) < 4.78 is 17.1. The maximum Gasteiger partial charge on any atom is 0.271 e. The van der Waals surface area contributed by atoms with Gasteiger partial charge >= 0.3 is 0 Å². The van der Waals surface area contributed by atoms with Crippen molar-refractivity contribution in [3.8, 4) is 6.07 Å². The van der Waals surface area contributed by atoms with Crippen molar-refractivity contribution in [2.24, 2.45) is 0 Å². The first-order valence-corrected chi connectivity index (χ1v) is 14.1. The topological polar surface area (TPSA) is 93.3 Å². The number of thiophene rings is 1. The second-order valence-electron chi connectivity index (χ2n) is 9.25. The predicted molar refractivity (Wildman–Crippen MR) is 149 cm³/mol. The first-order chi connectivity index (χ1) is 16.7. The lowest BCUT2D eigenvalue weighted by atomic mass is 10.1. The highest BCUT2D eigenvalue weighted by atomic mass is 32.1. The minimum atomic E-state index is -1.32. The lowest BCUT2D eigenvalue weighted by Gasteiger charge is -2.37. The molecular formula is C25H36BN5O3PS. The molecule has 193 valence electrons. The molecule has 0 saturated heterocycles. The molecule has 36 heavy (non-hydrogen) atoms. The van der Waals surface area contributed by atoms with Crippen LogP contribution in [0.5, 0.6) is 0 Å². The van der Waals surface area contributed by atoms with Gasteiger partial charge in [0.2, 0.25) is 0 Å². The van der Waals surface area contributed by atoms with Crippen LogP contribution in [-0.4, -0.2) is 52.4 Å². The monoisotopic (exact) mass is 528 g/mol. The van der Waals surface area contributed by atoms with Gasteiger partial charge in [0.25, 0.3) is 14.1 Å². The van der Waals surface area contributed by atoms with Gasteiger partial charge in [0.1, 0.15) is 9.53 Å². The zero-order valence-corrected chi connectivity index (χ0v) is 24.0. The quantitative estimate of drug-likeness (QED) is 0.169. The predicted octanol–water partition coefficient (Wildman–Crippen LogP) is 5.70. The molecule has 0 aliphatic heterocycles. The number of aromatic nitrogens is 3. The summed E-state index contributed by atoms with van der Waals surface area (Å²) in [5.41, 5.74) is 2.73. The van der Waals surface area contributed by atoms with Crippen LogP contribution in [0.15, 0.2) is 17.2 Å². The first-order valence-electron chi connectivity index (χ1n) is 12.2. The van der Waals surface area contributed by atoms with E-state index in [2.05, 4.69) is 55.3 Å². The Morgan fingerprint density at radius 2 is 1.94 bits per heavy atom. The van der Waals surface area contributed by atoms with Crippen molar-refractivity contribution < 1.29 is 9.05 Å². The van der Waals surface area contributed by atoms with E-state index in [1.54, 1.807) is 10.9 Å². The summed E-state index contributed by atoms with van der Waals surface area (Å²) in [6.07, 6.45) is 3.34. The number of hydrogen-bond donors (Lipinski definition) is 0. The number of nitrogens with zero attached hydrogens (tertiary/aromatic N) is 5. The Kier molecular flexibility index (Phi) is 11.5. The highest BCUT2D eigenvalue weighted by molar-refractivity contribution is 7.44. The van der Waals surface area contributed by atoms with E-state index in [4.69, 9.17) is 14.3 Å². The highest BCUT2D eigenvalue weighted by Gasteiger charge is 2.29. The third-order valence-electron chi connectivity index (χ3n) is 5.79. The molecule has 0 amide bonds. The second-order valence-corrected chi connectivity index (χ2v) is 11.7. The van der Waals surface area contributed by atoms with Crippen molar-refractivity contribution in [2.45, 2.75) is 92.5 Å². The summed E-state index contributed by atoms with van der Waals surface area (Å²) in [4.78, 5) is 23.4. The fourth-order valence-electron chi connectivity index (χ4n) is 4.20. The van der Waals surface area contributed by atoms with Crippen LogP contribution >= 0.6 is 19.9 Å². The molecule has 3 rings (SSSR count). The normalized spacial score (nSPS) is 13.5. The standard InChI is InChI=1S/C25H36N5O3PS.B/c1-8-20(33-34(32-13-9-11-26)30(16(2)3)17(4)5)10-12-29-15-27-22-21-18(6)14-19(7)28-24(21)35-23(22)25(29)31;/h14-17,20H,8-10,12-13H2,1-7H3;. The molecule has 2 unspecified atom stereocenters. The van der Waals surface area contributed by atoms with E-state index < -0.39 is 8.53 Å². The molecule has 0 aliphatic rings. The van der Waals surface area contributed by atoms with Crippen molar-refractivity contribution >= 4 is 48.7 Å².